The number of piperazine rings is 1. The minimum absolute atomic E-state index is 0.0252. The second kappa shape index (κ2) is 9.22. The van der Waals surface area contributed by atoms with Gasteiger partial charge in [0.1, 0.15) is 16.9 Å². The van der Waals surface area contributed by atoms with Crippen molar-refractivity contribution in [2.45, 2.75) is 26.3 Å². The van der Waals surface area contributed by atoms with E-state index in [1.807, 2.05) is 18.7 Å². The summed E-state index contributed by atoms with van der Waals surface area (Å²) >= 11 is 0. The number of H-pyrrole nitrogens is 1. The van der Waals surface area contributed by atoms with Crippen LogP contribution in [0.3, 0.4) is 0 Å². The van der Waals surface area contributed by atoms with Crippen LogP contribution in [0.4, 0.5) is 14.5 Å². The molecule has 4 rings (SSSR count). The van der Waals surface area contributed by atoms with E-state index < -0.39 is 17.7 Å². The Balaban J connectivity index is 1.46. The molecule has 1 aromatic carbocycles. The zero-order valence-electron chi connectivity index (χ0n) is 18.8. The molecular formula is C23H26F2N6O2. The first-order valence-electron chi connectivity index (χ1n) is 10.9. The van der Waals surface area contributed by atoms with Crippen LogP contribution in [0.15, 0.2) is 29.1 Å². The fourth-order valence-corrected chi connectivity index (χ4v) is 4.00. The third kappa shape index (κ3) is 4.56. The summed E-state index contributed by atoms with van der Waals surface area (Å²) in [5.41, 5.74) is 1.38. The first kappa shape index (κ1) is 22.8. The maximum atomic E-state index is 15.1. The van der Waals surface area contributed by atoms with Gasteiger partial charge in [-0.05, 0) is 18.2 Å². The van der Waals surface area contributed by atoms with Gasteiger partial charge in [0.05, 0.1) is 11.2 Å². The van der Waals surface area contributed by atoms with E-state index in [2.05, 4.69) is 25.2 Å². The Labute approximate surface area is 189 Å². The van der Waals surface area contributed by atoms with Crippen LogP contribution < -0.4 is 15.8 Å². The Bertz CT molecular complexity index is 1250. The standard InChI is InChI=1S/C23H26F2N6O2/c1-13(2)19-23(33)29-20-15(27-19)5-4-14(18(20)24)12-30-8-10-31(11-9-30)17-7-6-16(22(32)26-3)28-21(17)25/h4-7,13H,8-12H2,1-3H3,(H,26,32)(H,29,33). The van der Waals surface area contributed by atoms with Crippen molar-refractivity contribution in [2.24, 2.45) is 0 Å². The number of rotatable bonds is 5. The number of nitrogens with zero attached hydrogens (tertiary/aromatic N) is 4. The van der Waals surface area contributed by atoms with Gasteiger partial charge < -0.3 is 15.2 Å². The van der Waals surface area contributed by atoms with E-state index >= 15 is 4.39 Å². The van der Waals surface area contributed by atoms with Gasteiger partial charge in [0, 0.05) is 51.3 Å². The third-order valence-electron chi connectivity index (χ3n) is 5.85. The lowest BCUT2D eigenvalue weighted by molar-refractivity contribution is 0.0957. The van der Waals surface area contributed by atoms with Gasteiger partial charge in [-0.3, -0.25) is 14.5 Å². The maximum absolute atomic E-state index is 15.1. The zero-order chi connectivity index (χ0) is 23.7. The van der Waals surface area contributed by atoms with Crippen LogP contribution in [0.5, 0.6) is 0 Å². The van der Waals surface area contributed by atoms with Crippen molar-refractivity contribution in [3.05, 3.63) is 63.3 Å². The van der Waals surface area contributed by atoms with Gasteiger partial charge in [0.2, 0.25) is 5.95 Å². The van der Waals surface area contributed by atoms with Crippen molar-refractivity contribution in [3.8, 4) is 0 Å². The fraction of sp³-hybridized carbons (Fsp3) is 0.391. The number of carbonyl (C=O) groups excluding carboxylic acids is 1. The van der Waals surface area contributed by atoms with Gasteiger partial charge in [-0.15, -0.1) is 0 Å². The molecule has 0 unspecified atom stereocenters. The molecule has 3 heterocycles. The number of aromatic nitrogens is 3. The minimum Gasteiger partial charge on any atom is -0.365 e. The normalized spacial score (nSPS) is 14.8. The summed E-state index contributed by atoms with van der Waals surface area (Å²) in [6.07, 6.45) is 0. The number of carbonyl (C=O) groups is 1. The van der Waals surface area contributed by atoms with E-state index in [-0.39, 0.29) is 22.7 Å². The number of anilines is 1. The van der Waals surface area contributed by atoms with Crippen LogP contribution in [0.2, 0.25) is 0 Å². The second-order valence-corrected chi connectivity index (χ2v) is 8.39. The molecule has 0 spiro atoms. The molecule has 0 atom stereocenters. The Morgan fingerprint density at radius 2 is 1.85 bits per heavy atom. The number of pyridine rings is 1. The first-order valence-corrected chi connectivity index (χ1v) is 10.9. The summed E-state index contributed by atoms with van der Waals surface area (Å²) in [7, 11) is 1.46. The molecule has 174 valence electrons. The number of aromatic amines is 1. The Kier molecular flexibility index (Phi) is 6.37. The highest BCUT2D eigenvalue weighted by Crippen LogP contribution is 2.23. The third-order valence-corrected chi connectivity index (χ3v) is 5.85. The molecule has 1 saturated heterocycles. The van der Waals surface area contributed by atoms with E-state index in [0.29, 0.717) is 55.2 Å². The summed E-state index contributed by atoms with van der Waals surface area (Å²) in [6, 6.07) is 6.47. The maximum Gasteiger partial charge on any atom is 0.270 e. The molecule has 33 heavy (non-hydrogen) atoms. The van der Waals surface area contributed by atoms with Crippen LogP contribution in [0, 0.1) is 11.8 Å². The lowest BCUT2D eigenvalue weighted by atomic mass is 10.1. The highest BCUT2D eigenvalue weighted by molar-refractivity contribution is 5.92. The van der Waals surface area contributed by atoms with Crippen LogP contribution in [0.25, 0.3) is 11.0 Å². The number of halogens is 2. The number of nitrogens with one attached hydrogen (secondary N) is 2. The number of amides is 1. The van der Waals surface area contributed by atoms with Gasteiger partial charge in [0.15, 0.2) is 5.82 Å². The Morgan fingerprint density at radius 3 is 2.48 bits per heavy atom. The lowest BCUT2D eigenvalue weighted by Crippen LogP contribution is -2.46. The average molecular weight is 456 g/mol. The molecule has 0 aliphatic carbocycles. The van der Waals surface area contributed by atoms with E-state index in [1.54, 1.807) is 18.2 Å². The van der Waals surface area contributed by atoms with E-state index in [9.17, 15) is 14.0 Å². The lowest BCUT2D eigenvalue weighted by Gasteiger charge is -2.36. The summed E-state index contributed by atoms with van der Waals surface area (Å²) in [5, 5.41) is 2.42. The molecule has 1 amide bonds. The summed E-state index contributed by atoms with van der Waals surface area (Å²) in [5.74, 6) is -1.67. The van der Waals surface area contributed by atoms with Crippen molar-refractivity contribution in [1.29, 1.82) is 0 Å². The number of hydrogen-bond donors (Lipinski definition) is 2. The van der Waals surface area contributed by atoms with Crippen molar-refractivity contribution < 1.29 is 13.6 Å². The van der Waals surface area contributed by atoms with Crippen LogP contribution in [-0.2, 0) is 6.54 Å². The topological polar surface area (TPSA) is 94.2 Å². The first-order chi connectivity index (χ1) is 15.8. The quantitative estimate of drug-likeness (QED) is 0.573. The molecule has 1 aliphatic rings. The molecule has 8 nitrogen and oxygen atoms in total. The molecule has 0 radical (unpaired) electrons. The molecule has 1 fully saturated rings. The van der Waals surface area contributed by atoms with Gasteiger partial charge >= 0.3 is 0 Å². The number of benzene rings is 1. The smallest absolute Gasteiger partial charge is 0.270 e. The predicted octanol–water partition coefficient (Wildman–Crippen LogP) is 2.40. The summed E-state index contributed by atoms with van der Waals surface area (Å²) in [4.78, 5) is 38.5. The highest BCUT2D eigenvalue weighted by atomic mass is 19.1. The largest absolute Gasteiger partial charge is 0.365 e. The van der Waals surface area contributed by atoms with E-state index in [4.69, 9.17) is 0 Å². The zero-order valence-corrected chi connectivity index (χ0v) is 18.8. The van der Waals surface area contributed by atoms with E-state index in [1.165, 1.54) is 13.1 Å². The van der Waals surface area contributed by atoms with Crippen molar-refractivity contribution >= 4 is 22.6 Å². The van der Waals surface area contributed by atoms with Crippen molar-refractivity contribution in [3.63, 3.8) is 0 Å². The van der Waals surface area contributed by atoms with E-state index in [0.717, 1.165) is 0 Å². The molecule has 2 aromatic heterocycles. The van der Waals surface area contributed by atoms with Gasteiger partial charge in [-0.2, -0.15) is 4.39 Å². The molecule has 1 aliphatic heterocycles. The second-order valence-electron chi connectivity index (χ2n) is 8.39. The van der Waals surface area contributed by atoms with Gasteiger partial charge in [0.25, 0.3) is 11.5 Å². The average Bonchev–Trinajstić information content (AvgIpc) is 2.81. The molecule has 3 aromatic rings. The van der Waals surface area contributed by atoms with Gasteiger partial charge in [-0.25, -0.2) is 14.4 Å². The number of hydrogen-bond acceptors (Lipinski definition) is 6. The Morgan fingerprint density at radius 1 is 1.12 bits per heavy atom. The van der Waals surface area contributed by atoms with Crippen LogP contribution in [0.1, 0.15) is 41.5 Å². The van der Waals surface area contributed by atoms with Crippen molar-refractivity contribution in [1.82, 2.24) is 25.2 Å². The molecule has 10 heteroatoms. The van der Waals surface area contributed by atoms with Crippen LogP contribution >= 0.6 is 0 Å². The monoisotopic (exact) mass is 456 g/mol. The molecule has 0 saturated carbocycles. The van der Waals surface area contributed by atoms with Gasteiger partial charge in [-0.1, -0.05) is 19.9 Å². The minimum atomic E-state index is -0.692. The Hall–Kier alpha value is -3.40. The van der Waals surface area contributed by atoms with Crippen LogP contribution in [-0.4, -0.2) is 59.0 Å². The van der Waals surface area contributed by atoms with Crippen molar-refractivity contribution in [2.75, 3.05) is 38.1 Å². The molecule has 0 bridgehead atoms. The SMILES string of the molecule is CNC(=O)c1ccc(N2CCN(Cc3ccc4nc(C(C)C)c(=O)[nH]c4c3F)CC2)c(F)n1. The summed E-state index contributed by atoms with van der Waals surface area (Å²) in [6.45, 7) is 6.34. The molecule has 2 N–H and O–H groups in total. The fourth-order valence-electron chi connectivity index (χ4n) is 4.00. The molecular weight excluding hydrogens is 430 g/mol. The summed E-state index contributed by atoms with van der Waals surface area (Å²) < 4.78 is 29.6. The predicted molar refractivity (Wildman–Crippen MR) is 121 cm³/mol. The highest BCUT2D eigenvalue weighted by Gasteiger charge is 2.23. The number of fused-ring (bicyclic) bond motifs is 1.